The van der Waals surface area contributed by atoms with Crippen LogP contribution in [0.15, 0.2) is 42.7 Å². The zero-order chi connectivity index (χ0) is 13.0. The summed E-state index contributed by atoms with van der Waals surface area (Å²) in [6.07, 6.45) is 3.32. The Morgan fingerprint density at radius 3 is 2.61 bits per heavy atom. The molecular formula is C12H10FN3O2. The van der Waals surface area contributed by atoms with Crippen LogP contribution in [0.25, 0.3) is 0 Å². The van der Waals surface area contributed by atoms with Crippen molar-refractivity contribution in [3.63, 3.8) is 0 Å². The van der Waals surface area contributed by atoms with Crippen molar-refractivity contribution < 1.29 is 9.31 Å². The maximum atomic E-state index is 13.3. The van der Waals surface area contributed by atoms with Crippen molar-refractivity contribution in [2.45, 2.75) is 6.54 Å². The predicted octanol–water partition coefficient (Wildman–Crippen LogP) is 2.74. The van der Waals surface area contributed by atoms with E-state index in [1.165, 1.54) is 6.07 Å². The highest BCUT2D eigenvalue weighted by Gasteiger charge is 2.13. The van der Waals surface area contributed by atoms with Gasteiger partial charge in [0.25, 0.3) is 0 Å². The summed E-state index contributed by atoms with van der Waals surface area (Å²) in [7, 11) is 0. The lowest BCUT2D eigenvalue weighted by atomic mass is 10.2. The first kappa shape index (κ1) is 12.0. The molecule has 1 aromatic heterocycles. The van der Waals surface area contributed by atoms with E-state index < -0.39 is 16.4 Å². The molecule has 0 spiro atoms. The van der Waals surface area contributed by atoms with E-state index in [1.807, 2.05) is 12.1 Å². The second-order valence-corrected chi connectivity index (χ2v) is 3.63. The Morgan fingerprint density at radius 1 is 1.28 bits per heavy atom. The van der Waals surface area contributed by atoms with Gasteiger partial charge in [-0.25, -0.2) is 0 Å². The van der Waals surface area contributed by atoms with E-state index in [9.17, 15) is 14.5 Å². The van der Waals surface area contributed by atoms with Gasteiger partial charge in [-0.05, 0) is 23.8 Å². The van der Waals surface area contributed by atoms with Gasteiger partial charge in [0.1, 0.15) is 0 Å². The lowest BCUT2D eigenvalue weighted by molar-refractivity contribution is -0.387. The van der Waals surface area contributed by atoms with Gasteiger partial charge in [0.15, 0.2) is 0 Å². The lowest BCUT2D eigenvalue weighted by Crippen LogP contribution is -2.00. The van der Waals surface area contributed by atoms with Crippen LogP contribution >= 0.6 is 0 Å². The molecule has 1 aromatic carbocycles. The molecule has 0 aliphatic rings. The number of nitro benzene ring substituents is 1. The second kappa shape index (κ2) is 5.22. The number of pyridine rings is 1. The molecule has 0 aliphatic heterocycles. The van der Waals surface area contributed by atoms with Crippen LogP contribution in [0.5, 0.6) is 0 Å². The molecule has 1 heterocycles. The van der Waals surface area contributed by atoms with Crippen LogP contribution in [-0.4, -0.2) is 9.91 Å². The summed E-state index contributed by atoms with van der Waals surface area (Å²) in [5.41, 5.74) is 0.961. The minimum Gasteiger partial charge on any atom is -0.381 e. The Balaban J connectivity index is 2.07. The van der Waals surface area contributed by atoms with Gasteiger partial charge >= 0.3 is 5.69 Å². The number of aromatic nitrogens is 1. The first-order chi connectivity index (χ1) is 8.66. The monoisotopic (exact) mass is 247 g/mol. The van der Waals surface area contributed by atoms with Gasteiger partial charge in [-0.15, -0.1) is 0 Å². The number of hydrogen-bond acceptors (Lipinski definition) is 4. The Morgan fingerprint density at radius 2 is 2.00 bits per heavy atom. The van der Waals surface area contributed by atoms with E-state index in [0.717, 1.165) is 17.7 Å². The van der Waals surface area contributed by atoms with Crippen molar-refractivity contribution in [3.8, 4) is 0 Å². The summed E-state index contributed by atoms with van der Waals surface area (Å²) in [5, 5.41) is 13.4. The number of nitrogens with zero attached hydrogens (tertiary/aromatic N) is 2. The molecule has 6 heteroatoms. The molecule has 0 saturated heterocycles. The van der Waals surface area contributed by atoms with E-state index in [-0.39, 0.29) is 0 Å². The molecule has 5 nitrogen and oxygen atoms in total. The fraction of sp³-hybridized carbons (Fsp3) is 0.0833. The molecule has 0 aliphatic carbocycles. The average molecular weight is 247 g/mol. The zero-order valence-electron chi connectivity index (χ0n) is 9.34. The number of nitro groups is 1. The highest BCUT2D eigenvalue weighted by atomic mass is 19.1. The molecule has 1 N–H and O–H groups in total. The topological polar surface area (TPSA) is 68.1 Å². The first-order valence-electron chi connectivity index (χ1n) is 5.23. The van der Waals surface area contributed by atoms with E-state index in [2.05, 4.69) is 10.3 Å². The minimum atomic E-state index is -0.847. The molecular weight excluding hydrogens is 237 g/mol. The molecule has 0 saturated carbocycles. The molecule has 2 rings (SSSR count). The summed E-state index contributed by atoms with van der Waals surface area (Å²) in [6, 6.07) is 7.38. The van der Waals surface area contributed by atoms with Gasteiger partial charge in [0.2, 0.25) is 5.82 Å². The Kier molecular flexibility index (Phi) is 3.47. The molecule has 92 valence electrons. The molecule has 0 atom stereocenters. The molecule has 2 aromatic rings. The highest BCUT2D eigenvalue weighted by molar-refractivity contribution is 5.49. The molecule has 0 radical (unpaired) electrons. The Bertz CT molecular complexity index is 561. The molecule has 0 bridgehead atoms. The standard InChI is InChI=1S/C12H10FN3O2/c13-11-7-10(1-2-12(11)16(17)18)15-8-9-3-5-14-6-4-9/h1-7,15H,8H2. The first-order valence-corrected chi connectivity index (χ1v) is 5.23. The van der Waals surface area contributed by atoms with Gasteiger partial charge in [-0.2, -0.15) is 4.39 Å². The van der Waals surface area contributed by atoms with Gasteiger partial charge in [-0.3, -0.25) is 15.1 Å². The van der Waals surface area contributed by atoms with E-state index in [1.54, 1.807) is 12.4 Å². The van der Waals surface area contributed by atoms with E-state index in [0.29, 0.717) is 12.2 Å². The lowest BCUT2D eigenvalue weighted by Gasteiger charge is -2.06. The van der Waals surface area contributed by atoms with E-state index >= 15 is 0 Å². The van der Waals surface area contributed by atoms with Crippen LogP contribution in [0.4, 0.5) is 15.8 Å². The number of anilines is 1. The number of nitrogens with one attached hydrogen (secondary N) is 1. The van der Waals surface area contributed by atoms with Gasteiger partial charge in [0, 0.05) is 36.8 Å². The number of rotatable bonds is 4. The third-order valence-corrected chi connectivity index (χ3v) is 2.39. The van der Waals surface area contributed by atoms with Crippen LogP contribution in [0.1, 0.15) is 5.56 Å². The summed E-state index contributed by atoms with van der Waals surface area (Å²) < 4.78 is 13.3. The normalized spacial score (nSPS) is 10.1. The van der Waals surface area contributed by atoms with Crippen molar-refractivity contribution in [2.75, 3.05) is 5.32 Å². The number of halogens is 1. The van der Waals surface area contributed by atoms with Crippen molar-refractivity contribution in [1.29, 1.82) is 0 Å². The minimum absolute atomic E-state index is 0.495. The smallest absolute Gasteiger partial charge is 0.304 e. The molecule has 18 heavy (non-hydrogen) atoms. The molecule has 0 amide bonds. The summed E-state index contributed by atoms with van der Waals surface area (Å²) in [4.78, 5) is 13.6. The second-order valence-electron chi connectivity index (χ2n) is 3.63. The summed E-state index contributed by atoms with van der Waals surface area (Å²) in [5.74, 6) is -0.847. The maximum Gasteiger partial charge on any atom is 0.304 e. The van der Waals surface area contributed by atoms with Crippen molar-refractivity contribution >= 4 is 11.4 Å². The highest BCUT2D eigenvalue weighted by Crippen LogP contribution is 2.21. The van der Waals surface area contributed by atoms with Crippen LogP contribution in [-0.2, 0) is 6.54 Å². The molecule has 0 fully saturated rings. The van der Waals surface area contributed by atoms with Gasteiger partial charge in [0.05, 0.1) is 4.92 Å². The SMILES string of the molecule is O=[N+]([O-])c1ccc(NCc2ccncc2)cc1F. The van der Waals surface area contributed by atoms with Crippen LogP contribution in [0.2, 0.25) is 0 Å². The van der Waals surface area contributed by atoms with Gasteiger partial charge in [-0.1, -0.05) is 0 Å². The summed E-state index contributed by atoms with van der Waals surface area (Å²) >= 11 is 0. The van der Waals surface area contributed by atoms with Gasteiger partial charge < -0.3 is 5.32 Å². The van der Waals surface area contributed by atoms with Crippen LogP contribution < -0.4 is 5.32 Å². The maximum absolute atomic E-state index is 13.3. The van der Waals surface area contributed by atoms with Crippen molar-refractivity contribution in [3.05, 3.63) is 64.2 Å². The Hall–Kier alpha value is -2.50. The number of hydrogen-bond donors (Lipinski definition) is 1. The largest absolute Gasteiger partial charge is 0.381 e. The van der Waals surface area contributed by atoms with E-state index in [4.69, 9.17) is 0 Å². The number of benzene rings is 1. The van der Waals surface area contributed by atoms with Crippen LogP contribution in [0, 0.1) is 15.9 Å². The Labute approximate surface area is 102 Å². The third-order valence-electron chi connectivity index (χ3n) is 2.39. The predicted molar refractivity (Wildman–Crippen MR) is 64.6 cm³/mol. The third kappa shape index (κ3) is 2.79. The average Bonchev–Trinajstić information content (AvgIpc) is 2.37. The van der Waals surface area contributed by atoms with Crippen molar-refractivity contribution in [1.82, 2.24) is 4.98 Å². The quantitative estimate of drug-likeness (QED) is 0.666. The molecule has 0 unspecified atom stereocenters. The van der Waals surface area contributed by atoms with Crippen molar-refractivity contribution in [2.24, 2.45) is 0 Å². The van der Waals surface area contributed by atoms with Crippen LogP contribution in [0.3, 0.4) is 0 Å². The fourth-order valence-corrected chi connectivity index (χ4v) is 1.47. The zero-order valence-corrected chi connectivity index (χ0v) is 9.34. The fourth-order valence-electron chi connectivity index (χ4n) is 1.47. The summed E-state index contributed by atoms with van der Waals surface area (Å²) in [6.45, 7) is 0.500.